The van der Waals surface area contributed by atoms with Gasteiger partial charge in [0.1, 0.15) is 19.3 Å². The molecule has 2 N–H and O–H groups in total. The molecule has 3 atom stereocenters. The fourth-order valence-corrected chi connectivity index (χ4v) is 10.3. The van der Waals surface area contributed by atoms with Crippen LogP contribution in [-0.2, 0) is 27.9 Å². The number of allylic oxidation sites excluding steroid dienone is 5. The minimum absolute atomic E-state index is 0.0431. The molecule has 0 aliphatic heterocycles. The highest BCUT2D eigenvalue weighted by atomic mass is 31.2. The molecule has 0 saturated carbocycles. The number of ether oxygens (including phenoxy) is 1. The monoisotopic (exact) mass is 1080 g/mol. The molecule has 0 heterocycles. The number of quaternary nitrogens is 1. The van der Waals surface area contributed by atoms with Crippen LogP contribution in [0.3, 0.4) is 0 Å². The van der Waals surface area contributed by atoms with Crippen molar-refractivity contribution >= 4 is 19.7 Å². The van der Waals surface area contributed by atoms with Crippen LogP contribution in [-0.4, -0.2) is 74.3 Å². The van der Waals surface area contributed by atoms with Crippen molar-refractivity contribution in [3.05, 3.63) is 36.5 Å². The number of hydrogen-bond acceptors (Lipinski definition) is 6. The van der Waals surface area contributed by atoms with Crippen molar-refractivity contribution < 1.29 is 37.3 Å². The molecule has 0 rings (SSSR count). The molecule has 0 aliphatic carbocycles. The van der Waals surface area contributed by atoms with E-state index in [0.717, 1.165) is 64.2 Å². The lowest BCUT2D eigenvalue weighted by Gasteiger charge is -2.27. The van der Waals surface area contributed by atoms with E-state index in [9.17, 15) is 19.0 Å². The molecule has 0 aromatic rings. The summed E-state index contributed by atoms with van der Waals surface area (Å²) in [7, 11) is 1.51. The molecule has 0 aromatic carbocycles. The second-order valence-electron chi connectivity index (χ2n) is 23.3. The number of rotatable bonds is 59. The van der Waals surface area contributed by atoms with Crippen LogP contribution in [0.15, 0.2) is 36.5 Å². The van der Waals surface area contributed by atoms with E-state index in [2.05, 4.69) is 50.4 Å². The molecule has 3 unspecified atom stereocenters. The fourth-order valence-electron chi connectivity index (χ4n) is 9.56. The Kier molecular flexibility index (Phi) is 54.2. The van der Waals surface area contributed by atoms with Gasteiger partial charge in [-0.15, -0.1) is 0 Å². The number of phosphoric ester groups is 1. The predicted molar refractivity (Wildman–Crippen MR) is 323 cm³/mol. The van der Waals surface area contributed by atoms with Gasteiger partial charge in [-0.05, 0) is 63.9 Å². The Labute approximate surface area is 466 Å². The molecule has 0 fully saturated rings. The third kappa shape index (κ3) is 56.8. The molecule has 1 amide bonds. The van der Waals surface area contributed by atoms with E-state index in [4.69, 9.17) is 13.8 Å². The second kappa shape index (κ2) is 55.5. The molecule has 442 valence electrons. The number of amides is 1. The lowest BCUT2D eigenvalue weighted by Crippen LogP contribution is -2.47. The Balaban J connectivity index is 5.14. The van der Waals surface area contributed by atoms with Crippen molar-refractivity contribution in [3.8, 4) is 0 Å². The summed E-state index contributed by atoms with van der Waals surface area (Å²) in [5.74, 6) is -0.491. The summed E-state index contributed by atoms with van der Waals surface area (Å²) in [6, 6.07) is -0.843. The largest absolute Gasteiger partial charge is 0.472 e. The highest BCUT2D eigenvalue weighted by Gasteiger charge is 2.30. The molecule has 0 radical (unpaired) electrons. The summed E-state index contributed by atoms with van der Waals surface area (Å²) in [6.45, 7) is 7.03. The number of likely N-dealkylation sites (N-methyl/N-ethyl adjacent to an activating group) is 1. The summed E-state index contributed by atoms with van der Waals surface area (Å²) in [5.41, 5.74) is 0. The highest BCUT2D eigenvalue weighted by Crippen LogP contribution is 2.43. The van der Waals surface area contributed by atoms with Crippen LogP contribution in [0.4, 0.5) is 0 Å². The van der Waals surface area contributed by atoms with Crippen molar-refractivity contribution in [2.45, 2.75) is 328 Å². The van der Waals surface area contributed by atoms with Crippen LogP contribution < -0.4 is 5.32 Å². The van der Waals surface area contributed by atoms with Gasteiger partial charge in [-0.3, -0.25) is 18.6 Å². The molecule has 0 saturated heterocycles. The Morgan fingerprint density at radius 1 is 0.467 bits per heavy atom. The zero-order valence-corrected chi connectivity index (χ0v) is 51.5. The summed E-state index contributed by atoms with van der Waals surface area (Å²) in [4.78, 5) is 37.7. The lowest BCUT2D eigenvalue weighted by atomic mass is 10.0. The number of carbonyl (C=O) groups excluding carboxylic acids is 2. The van der Waals surface area contributed by atoms with E-state index in [1.165, 1.54) is 218 Å². The minimum Gasteiger partial charge on any atom is -0.456 e. The maximum atomic E-state index is 13.5. The molecular weight excluding hydrogens is 952 g/mol. The number of nitrogens with one attached hydrogen (secondary N) is 1. The third-order valence-electron chi connectivity index (χ3n) is 14.6. The van der Waals surface area contributed by atoms with E-state index >= 15 is 0 Å². The van der Waals surface area contributed by atoms with Crippen molar-refractivity contribution in [2.75, 3.05) is 40.9 Å². The van der Waals surface area contributed by atoms with E-state index in [1.54, 1.807) is 0 Å². The maximum absolute atomic E-state index is 13.5. The van der Waals surface area contributed by atoms with Crippen LogP contribution in [0.1, 0.15) is 316 Å². The average Bonchev–Trinajstić information content (AvgIpc) is 3.37. The smallest absolute Gasteiger partial charge is 0.456 e. The van der Waals surface area contributed by atoms with Crippen LogP contribution >= 0.6 is 7.82 Å². The van der Waals surface area contributed by atoms with Gasteiger partial charge in [0.2, 0.25) is 5.91 Å². The van der Waals surface area contributed by atoms with Gasteiger partial charge in [0.15, 0.2) is 0 Å². The number of nitrogens with zero attached hydrogens (tertiary/aromatic N) is 1. The van der Waals surface area contributed by atoms with Gasteiger partial charge in [-0.1, -0.05) is 276 Å². The van der Waals surface area contributed by atoms with E-state index in [1.807, 2.05) is 33.3 Å². The molecular formula is C65H126N2O7P+. The highest BCUT2D eigenvalue weighted by molar-refractivity contribution is 7.47. The molecule has 75 heavy (non-hydrogen) atoms. The first-order valence-corrected chi connectivity index (χ1v) is 33.8. The maximum Gasteiger partial charge on any atom is 0.472 e. The molecule has 0 aromatic heterocycles. The van der Waals surface area contributed by atoms with Gasteiger partial charge < -0.3 is 19.4 Å². The van der Waals surface area contributed by atoms with E-state index in [0.29, 0.717) is 23.9 Å². The zero-order valence-electron chi connectivity index (χ0n) is 50.6. The fraction of sp³-hybridized carbons (Fsp3) is 0.877. The van der Waals surface area contributed by atoms with Crippen molar-refractivity contribution in [2.24, 2.45) is 0 Å². The number of esters is 1. The number of carbonyl (C=O) groups is 2. The SMILES string of the molecule is CCCCC/C=C\C/C=C\CCCCCCCCCCCCCCCC(=O)OC(/C=C/CCCCCCCCCCCCC)C(COP(=O)(O)OCC[N+](C)(C)C)NC(=O)CCCCCCCCCCCCCCC. The second-order valence-corrected chi connectivity index (χ2v) is 24.7. The number of unbranched alkanes of at least 4 members (excludes halogenated alkanes) is 39. The summed E-state index contributed by atoms with van der Waals surface area (Å²) >= 11 is 0. The molecule has 0 aliphatic rings. The van der Waals surface area contributed by atoms with Gasteiger partial charge in [0.25, 0.3) is 0 Å². The van der Waals surface area contributed by atoms with Crippen LogP contribution in [0.25, 0.3) is 0 Å². The standard InChI is InChI=1S/C65H125N2O7P/c1-7-10-13-16-19-22-25-28-29-30-31-32-33-34-35-36-37-40-43-46-49-52-55-58-65(69)74-63(56-53-50-47-44-41-38-26-23-20-17-14-11-8-2)62(61-73-75(70,71)72-60-59-67(4,5)6)66-64(68)57-54-51-48-45-42-39-27-24-21-18-15-12-9-3/h19,22,28-29,53,56,62-63H,7-18,20-21,23-27,30-52,54-55,57-61H2,1-6H3,(H-,66,68,70,71)/p+1/b22-19-,29-28-,56-53+. The first-order chi connectivity index (χ1) is 36.4. The topological polar surface area (TPSA) is 111 Å². The van der Waals surface area contributed by atoms with Gasteiger partial charge in [-0.25, -0.2) is 4.57 Å². The van der Waals surface area contributed by atoms with Crippen molar-refractivity contribution in [1.29, 1.82) is 0 Å². The summed E-state index contributed by atoms with van der Waals surface area (Å²) < 4.78 is 30.7. The lowest BCUT2D eigenvalue weighted by molar-refractivity contribution is -0.870. The first kappa shape index (κ1) is 73.2. The zero-order chi connectivity index (χ0) is 55.0. The van der Waals surface area contributed by atoms with Crippen molar-refractivity contribution in [1.82, 2.24) is 5.32 Å². The van der Waals surface area contributed by atoms with Gasteiger partial charge in [-0.2, -0.15) is 0 Å². The van der Waals surface area contributed by atoms with Crippen molar-refractivity contribution in [3.63, 3.8) is 0 Å². The van der Waals surface area contributed by atoms with Gasteiger partial charge >= 0.3 is 13.8 Å². The molecule has 0 spiro atoms. The average molecular weight is 1080 g/mol. The van der Waals surface area contributed by atoms with Crippen LogP contribution in [0.5, 0.6) is 0 Å². The number of phosphoric acid groups is 1. The Morgan fingerprint density at radius 2 is 0.813 bits per heavy atom. The molecule has 10 heteroatoms. The Hall–Kier alpha value is -1.77. The summed E-state index contributed by atoms with van der Waals surface area (Å²) in [5, 5.41) is 3.06. The number of hydrogen-bond donors (Lipinski definition) is 2. The first-order valence-electron chi connectivity index (χ1n) is 32.3. The predicted octanol–water partition coefficient (Wildman–Crippen LogP) is 19.9. The van der Waals surface area contributed by atoms with E-state index in [-0.39, 0.29) is 25.1 Å². The minimum atomic E-state index is -4.44. The summed E-state index contributed by atoms with van der Waals surface area (Å²) in [6.07, 6.45) is 67.1. The molecule has 9 nitrogen and oxygen atoms in total. The van der Waals surface area contributed by atoms with Crippen LogP contribution in [0, 0.1) is 0 Å². The Bertz CT molecular complexity index is 1380. The van der Waals surface area contributed by atoms with E-state index < -0.39 is 20.0 Å². The van der Waals surface area contributed by atoms with Gasteiger partial charge in [0.05, 0.1) is 33.8 Å². The quantitative estimate of drug-likeness (QED) is 0.0205. The molecule has 0 bridgehead atoms. The Morgan fingerprint density at radius 3 is 1.23 bits per heavy atom. The van der Waals surface area contributed by atoms with Gasteiger partial charge in [0, 0.05) is 12.8 Å². The van der Waals surface area contributed by atoms with Crippen LogP contribution in [0.2, 0.25) is 0 Å². The normalized spacial score (nSPS) is 13.9. The third-order valence-corrected chi connectivity index (χ3v) is 15.6.